The quantitative estimate of drug-likeness (QED) is 0.761. The first-order valence-electron chi connectivity index (χ1n) is 8.25. The smallest absolute Gasteiger partial charge is 0.119 e. The van der Waals surface area contributed by atoms with Crippen LogP contribution in [-0.2, 0) is 6.42 Å². The Labute approximate surface area is 150 Å². The summed E-state index contributed by atoms with van der Waals surface area (Å²) in [6, 6.07) is 14.9. The molecular weight excluding hydrogens is 328 g/mol. The van der Waals surface area contributed by atoms with Crippen molar-refractivity contribution in [2.24, 2.45) is 16.5 Å². The molecule has 0 amide bonds. The lowest BCUT2D eigenvalue weighted by atomic mass is 9.86. The van der Waals surface area contributed by atoms with Crippen LogP contribution in [0.5, 0.6) is 0 Å². The molecular formula is C20H20N4S. The highest BCUT2D eigenvalue weighted by Gasteiger charge is 2.31. The van der Waals surface area contributed by atoms with Gasteiger partial charge in [0.25, 0.3) is 0 Å². The highest BCUT2D eigenvalue weighted by atomic mass is 32.1. The fourth-order valence-electron chi connectivity index (χ4n) is 3.20. The average molecular weight is 348 g/mol. The number of allylic oxidation sites excluding steroid dienone is 1. The van der Waals surface area contributed by atoms with Gasteiger partial charge < -0.3 is 11.5 Å². The Balaban J connectivity index is 1.66. The first-order chi connectivity index (χ1) is 12.0. The third kappa shape index (κ3) is 3.14. The van der Waals surface area contributed by atoms with Gasteiger partial charge in [0.2, 0.25) is 0 Å². The zero-order valence-corrected chi connectivity index (χ0v) is 14.8. The van der Waals surface area contributed by atoms with Gasteiger partial charge in [-0.3, -0.25) is 4.99 Å². The number of aliphatic imine (C=N–C) groups is 1. The molecule has 0 aliphatic carbocycles. The molecule has 1 aliphatic heterocycles. The Morgan fingerprint density at radius 1 is 1.16 bits per heavy atom. The molecule has 0 saturated carbocycles. The number of nitrogens with two attached hydrogens (primary N) is 2. The van der Waals surface area contributed by atoms with Gasteiger partial charge in [-0.1, -0.05) is 36.4 Å². The molecule has 1 aliphatic rings. The third-order valence-corrected chi connectivity index (χ3v) is 5.51. The van der Waals surface area contributed by atoms with Crippen molar-refractivity contribution in [3.05, 3.63) is 65.2 Å². The highest BCUT2D eigenvalue weighted by Crippen LogP contribution is 2.29. The van der Waals surface area contributed by atoms with Gasteiger partial charge in [-0.05, 0) is 48.2 Å². The molecule has 0 spiro atoms. The average Bonchev–Trinajstić information content (AvgIpc) is 2.97. The number of hydrogen-bond acceptors (Lipinski definition) is 5. The topological polar surface area (TPSA) is 77.3 Å². The first-order valence-corrected chi connectivity index (χ1v) is 9.07. The van der Waals surface area contributed by atoms with Gasteiger partial charge >= 0.3 is 0 Å². The van der Waals surface area contributed by atoms with Crippen molar-refractivity contribution >= 4 is 27.8 Å². The van der Waals surface area contributed by atoms with E-state index >= 15 is 0 Å². The molecule has 0 fully saturated rings. The predicted molar refractivity (Wildman–Crippen MR) is 106 cm³/mol. The highest BCUT2D eigenvalue weighted by molar-refractivity contribution is 7.18. The molecule has 2 heterocycles. The summed E-state index contributed by atoms with van der Waals surface area (Å²) in [6.07, 6.45) is 5.74. The molecule has 2 aromatic carbocycles. The van der Waals surface area contributed by atoms with Crippen LogP contribution in [0.2, 0.25) is 0 Å². The molecule has 0 radical (unpaired) electrons. The molecule has 3 aromatic rings. The normalized spacial score (nSPS) is 22.6. The maximum atomic E-state index is 6.47. The molecule has 25 heavy (non-hydrogen) atoms. The number of dihydropyridines is 1. The lowest BCUT2D eigenvalue weighted by Gasteiger charge is -2.31. The molecule has 1 aromatic heterocycles. The molecule has 5 heteroatoms. The van der Waals surface area contributed by atoms with Gasteiger partial charge in [0.15, 0.2) is 0 Å². The van der Waals surface area contributed by atoms with Gasteiger partial charge in [0.05, 0.1) is 20.8 Å². The summed E-state index contributed by atoms with van der Waals surface area (Å²) in [6.45, 7) is 2.04. The Morgan fingerprint density at radius 2 is 2.00 bits per heavy atom. The van der Waals surface area contributed by atoms with E-state index < -0.39 is 11.7 Å². The second-order valence-electron chi connectivity index (χ2n) is 6.51. The molecule has 2 atom stereocenters. The van der Waals surface area contributed by atoms with Crippen LogP contribution in [0.1, 0.15) is 10.6 Å². The van der Waals surface area contributed by atoms with E-state index in [0.717, 1.165) is 27.2 Å². The molecule has 0 bridgehead atoms. The summed E-state index contributed by atoms with van der Waals surface area (Å²) in [4.78, 5) is 8.82. The van der Waals surface area contributed by atoms with E-state index in [9.17, 15) is 0 Å². The number of hydrogen-bond donors (Lipinski definition) is 2. The van der Waals surface area contributed by atoms with Crippen molar-refractivity contribution in [1.29, 1.82) is 0 Å². The van der Waals surface area contributed by atoms with Gasteiger partial charge in [-0.15, -0.1) is 11.3 Å². The molecule has 4 rings (SSSR count). The van der Waals surface area contributed by atoms with E-state index in [1.54, 1.807) is 17.6 Å². The van der Waals surface area contributed by atoms with Crippen molar-refractivity contribution in [3.63, 3.8) is 0 Å². The van der Waals surface area contributed by atoms with Crippen LogP contribution in [0.25, 0.3) is 21.3 Å². The van der Waals surface area contributed by atoms with E-state index in [-0.39, 0.29) is 0 Å². The van der Waals surface area contributed by atoms with Crippen molar-refractivity contribution in [3.8, 4) is 11.1 Å². The summed E-state index contributed by atoms with van der Waals surface area (Å²) in [5.41, 5.74) is 16.4. The minimum Gasteiger partial charge on any atom is -0.319 e. The maximum absolute atomic E-state index is 6.47. The van der Waals surface area contributed by atoms with Crippen LogP contribution >= 0.6 is 11.3 Å². The summed E-state index contributed by atoms with van der Waals surface area (Å²) in [5.74, 6) is 0. The van der Waals surface area contributed by atoms with E-state index in [0.29, 0.717) is 6.42 Å². The molecule has 2 unspecified atom stereocenters. The summed E-state index contributed by atoms with van der Waals surface area (Å²) >= 11 is 1.72. The Morgan fingerprint density at radius 3 is 2.84 bits per heavy atom. The lowest BCUT2D eigenvalue weighted by Crippen LogP contribution is -2.55. The first kappa shape index (κ1) is 16.1. The molecule has 4 nitrogen and oxygen atoms in total. The number of aromatic nitrogens is 1. The SMILES string of the molecule is Cc1nc2cc(-c3cccc(CC4(N)C=CC=NC4N)c3)ccc2s1. The van der Waals surface area contributed by atoms with Crippen molar-refractivity contribution in [2.45, 2.75) is 25.0 Å². The summed E-state index contributed by atoms with van der Waals surface area (Å²) < 4.78 is 1.22. The Kier molecular flexibility index (Phi) is 4.00. The molecule has 0 saturated heterocycles. The predicted octanol–water partition coefficient (Wildman–Crippen LogP) is 3.44. The minimum atomic E-state index is -0.649. The number of nitrogens with zero attached hydrogens (tertiary/aromatic N) is 2. The zero-order valence-electron chi connectivity index (χ0n) is 14.0. The maximum Gasteiger partial charge on any atom is 0.119 e. The molecule has 126 valence electrons. The molecule has 4 N–H and O–H groups in total. The van der Waals surface area contributed by atoms with Crippen molar-refractivity contribution in [2.75, 3.05) is 0 Å². The monoisotopic (exact) mass is 348 g/mol. The minimum absolute atomic E-state index is 0.421. The van der Waals surface area contributed by atoms with Gasteiger partial charge in [0, 0.05) is 6.21 Å². The van der Waals surface area contributed by atoms with Crippen LogP contribution in [0.15, 0.2) is 59.6 Å². The van der Waals surface area contributed by atoms with E-state index in [1.165, 1.54) is 4.70 Å². The van der Waals surface area contributed by atoms with E-state index in [4.69, 9.17) is 11.5 Å². The van der Waals surface area contributed by atoms with Crippen LogP contribution in [0.4, 0.5) is 0 Å². The fourth-order valence-corrected chi connectivity index (χ4v) is 4.01. The van der Waals surface area contributed by atoms with Gasteiger partial charge in [0.1, 0.15) is 6.17 Å². The van der Waals surface area contributed by atoms with Crippen molar-refractivity contribution < 1.29 is 0 Å². The summed E-state index contributed by atoms with van der Waals surface area (Å²) in [5, 5.41) is 1.09. The van der Waals surface area contributed by atoms with E-state index in [1.807, 2.05) is 19.1 Å². The largest absolute Gasteiger partial charge is 0.319 e. The van der Waals surface area contributed by atoms with Gasteiger partial charge in [-0.2, -0.15) is 0 Å². The van der Waals surface area contributed by atoms with Crippen LogP contribution in [0.3, 0.4) is 0 Å². The number of aryl methyl sites for hydroxylation is 1. The standard InChI is InChI=1S/C20H20N4S/c1-13-24-17-11-16(6-7-18(17)25-13)15-5-2-4-14(10-15)12-20(22)8-3-9-23-19(20)21/h2-11,19H,12,21-22H2,1H3. The lowest BCUT2D eigenvalue weighted by molar-refractivity contribution is 0.426. The fraction of sp³-hybridized carbons (Fsp3) is 0.200. The Bertz CT molecular complexity index is 988. The second-order valence-corrected chi connectivity index (χ2v) is 7.74. The van der Waals surface area contributed by atoms with Gasteiger partial charge in [-0.25, -0.2) is 4.98 Å². The third-order valence-electron chi connectivity index (χ3n) is 4.56. The Hall–Kier alpha value is -2.34. The second kappa shape index (κ2) is 6.19. The van der Waals surface area contributed by atoms with E-state index in [2.05, 4.69) is 52.4 Å². The van der Waals surface area contributed by atoms with Crippen molar-refractivity contribution in [1.82, 2.24) is 4.98 Å². The summed E-state index contributed by atoms with van der Waals surface area (Å²) in [7, 11) is 0. The zero-order chi connectivity index (χ0) is 17.4. The number of benzene rings is 2. The van der Waals surface area contributed by atoms with Crippen LogP contribution in [0, 0.1) is 6.92 Å². The number of fused-ring (bicyclic) bond motifs is 1. The van der Waals surface area contributed by atoms with Crippen LogP contribution < -0.4 is 11.5 Å². The van der Waals surface area contributed by atoms with Crippen LogP contribution in [-0.4, -0.2) is 22.9 Å². The number of rotatable bonds is 3. The number of thiazole rings is 1.